The molecule has 3 heteroatoms. The average Bonchev–Trinajstić information content (AvgIpc) is 2.34. The zero-order valence-corrected chi connectivity index (χ0v) is 6.03. The minimum absolute atomic E-state index is 0.0324. The van der Waals surface area contributed by atoms with E-state index in [2.05, 4.69) is 0 Å². The smallest absolute Gasteiger partial charge is 0.0715 e. The van der Waals surface area contributed by atoms with Crippen LogP contribution in [0.4, 0.5) is 0 Å². The van der Waals surface area contributed by atoms with Crippen molar-refractivity contribution in [3.63, 3.8) is 0 Å². The van der Waals surface area contributed by atoms with E-state index in [0.29, 0.717) is 0 Å². The Hall–Kier alpha value is -0.120. The van der Waals surface area contributed by atoms with Crippen LogP contribution in [0.25, 0.3) is 0 Å². The summed E-state index contributed by atoms with van der Waals surface area (Å²) in [5.74, 6) is 0.0324. The third-order valence-electron chi connectivity index (χ3n) is 2.27. The third kappa shape index (κ3) is 1.48. The predicted octanol–water partition coefficient (Wildman–Crippen LogP) is -0.533. The van der Waals surface area contributed by atoms with Gasteiger partial charge in [0.25, 0.3) is 0 Å². The van der Waals surface area contributed by atoms with Crippen molar-refractivity contribution in [3.8, 4) is 0 Å². The maximum atomic E-state index is 9.27. The van der Waals surface area contributed by atoms with Gasteiger partial charge < -0.3 is 15.9 Å². The standard InChI is InChI=1S/C7H15NO2/c8-4-7(10)5-2-1-3-6(5)9/h5-7,9-10H,1-4,8H2. The highest BCUT2D eigenvalue weighted by molar-refractivity contribution is 4.82. The Labute approximate surface area is 60.9 Å². The first-order chi connectivity index (χ1) is 4.75. The third-order valence-corrected chi connectivity index (χ3v) is 2.27. The molecular weight excluding hydrogens is 130 g/mol. The molecule has 0 aliphatic heterocycles. The summed E-state index contributed by atoms with van der Waals surface area (Å²) in [5.41, 5.74) is 5.25. The van der Waals surface area contributed by atoms with Gasteiger partial charge >= 0.3 is 0 Å². The first-order valence-corrected chi connectivity index (χ1v) is 3.82. The van der Waals surface area contributed by atoms with E-state index >= 15 is 0 Å². The average molecular weight is 145 g/mol. The molecule has 0 radical (unpaired) electrons. The van der Waals surface area contributed by atoms with E-state index in [1.165, 1.54) is 0 Å². The fraction of sp³-hybridized carbons (Fsp3) is 1.00. The maximum absolute atomic E-state index is 9.27. The normalized spacial score (nSPS) is 36.3. The van der Waals surface area contributed by atoms with E-state index in [9.17, 15) is 10.2 Å². The van der Waals surface area contributed by atoms with Crippen molar-refractivity contribution in [2.45, 2.75) is 31.5 Å². The van der Waals surface area contributed by atoms with Gasteiger partial charge in [-0.2, -0.15) is 0 Å². The lowest BCUT2D eigenvalue weighted by Gasteiger charge is -2.19. The van der Waals surface area contributed by atoms with Crippen LogP contribution < -0.4 is 5.73 Å². The SMILES string of the molecule is NCC(O)C1CCCC1O. The first-order valence-electron chi connectivity index (χ1n) is 3.82. The van der Waals surface area contributed by atoms with Crippen molar-refractivity contribution in [2.75, 3.05) is 6.54 Å². The van der Waals surface area contributed by atoms with Crippen LogP contribution in [0.1, 0.15) is 19.3 Å². The lowest BCUT2D eigenvalue weighted by molar-refractivity contribution is 0.0366. The largest absolute Gasteiger partial charge is 0.393 e. The highest BCUT2D eigenvalue weighted by atomic mass is 16.3. The number of rotatable bonds is 2. The molecule has 0 heterocycles. The Morgan fingerprint density at radius 1 is 1.50 bits per heavy atom. The molecule has 0 saturated heterocycles. The number of hydrogen-bond acceptors (Lipinski definition) is 3. The summed E-state index contributed by atoms with van der Waals surface area (Å²) in [6.45, 7) is 0.266. The van der Waals surface area contributed by atoms with Gasteiger partial charge in [0.15, 0.2) is 0 Å². The van der Waals surface area contributed by atoms with Crippen LogP contribution in [-0.4, -0.2) is 29.0 Å². The minimum atomic E-state index is -0.502. The lowest BCUT2D eigenvalue weighted by atomic mass is 9.99. The van der Waals surface area contributed by atoms with Crippen molar-refractivity contribution in [1.82, 2.24) is 0 Å². The van der Waals surface area contributed by atoms with E-state index in [0.717, 1.165) is 19.3 Å². The van der Waals surface area contributed by atoms with Gasteiger partial charge in [-0.15, -0.1) is 0 Å². The van der Waals surface area contributed by atoms with Gasteiger partial charge in [-0.1, -0.05) is 6.42 Å². The maximum Gasteiger partial charge on any atom is 0.0715 e. The monoisotopic (exact) mass is 145 g/mol. The molecule has 1 saturated carbocycles. The van der Waals surface area contributed by atoms with Gasteiger partial charge in [0.2, 0.25) is 0 Å². The zero-order chi connectivity index (χ0) is 7.56. The van der Waals surface area contributed by atoms with Crippen LogP contribution in [-0.2, 0) is 0 Å². The number of aliphatic hydroxyl groups is 2. The van der Waals surface area contributed by atoms with Gasteiger partial charge in [0.1, 0.15) is 0 Å². The van der Waals surface area contributed by atoms with Gasteiger partial charge in [0.05, 0.1) is 12.2 Å². The molecule has 60 valence electrons. The Bertz CT molecular complexity index is 108. The molecule has 0 amide bonds. The molecule has 1 rings (SSSR count). The quantitative estimate of drug-likeness (QED) is 0.489. The molecule has 1 aliphatic carbocycles. The second-order valence-electron chi connectivity index (χ2n) is 2.97. The fourth-order valence-electron chi connectivity index (χ4n) is 1.59. The first kappa shape index (κ1) is 7.98. The van der Waals surface area contributed by atoms with E-state index < -0.39 is 6.10 Å². The molecule has 3 atom stereocenters. The van der Waals surface area contributed by atoms with E-state index in [1.54, 1.807) is 0 Å². The summed E-state index contributed by atoms with van der Waals surface area (Å²) in [6, 6.07) is 0. The lowest BCUT2D eigenvalue weighted by Crippen LogP contribution is -2.33. The summed E-state index contributed by atoms with van der Waals surface area (Å²) in [6.07, 6.45) is 1.93. The summed E-state index contributed by atoms with van der Waals surface area (Å²) >= 11 is 0. The van der Waals surface area contributed by atoms with Crippen LogP contribution in [0.3, 0.4) is 0 Å². The van der Waals surface area contributed by atoms with E-state index in [-0.39, 0.29) is 18.6 Å². The van der Waals surface area contributed by atoms with E-state index in [4.69, 9.17) is 5.73 Å². The van der Waals surface area contributed by atoms with Crippen molar-refractivity contribution in [1.29, 1.82) is 0 Å². The fourth-order valence-corrected chi connectivity index (χ4v) is 1.59. The summed E-state index contributed by atoms with van der Waals surface area (Å²) in [4.78, 5) is 0. The van der Waals surface area contributed by atoms with Gasteiger partial charge in [-0.25, -0.2) is 0 Å². The summed E-state index contributed by atoms with van der Waals surface area (Å²) in [7, 11) is 0. The van der Waals surface area contributed by atoms with Crippen LogP contribution in [0.15, 0.2) is 0 Å². The van der Waals surface area contributed by atoms with Crippen LogP contribution in [0, 0.1) is 5.92 Å². The Morgan fingerprint density at radius 3 is 2.60 bits per heavy atom. The molecule has 1 fully saturated rings. The van der Waals surface area contributed by atoms with Gasteiger partial charge in [0, 0.05) is 12.5 Å². The predicted molar refractivity (Wildman–Crippen MR) is 38.4 cm³/mol. The van der Waals surface area contributed by atoms with Gasteiger partial charge in [-0.05, 0) is 12.8 Å². The van der Waals surface area contributed by atoms with Crippen molar-refractivity contribution in [3.05, 3.63) is 0 Å². The molecule has 0 aromatic heterocycles. The molecule has 3 nitrogen and oxygen atoms in total. The Morgan fingerprint density at radius 2 is 2.20 bits per heavy atom. The summed E-state index contributed by atoms with van der Waals surface area (Å²) in [5, 5.41) is 18.5. The van der Waals surface area contributed by atoms with E-state index in [1.807, 2.05) is 0 Å². The molecule has 0 aromatic carbocycles. The Kier molecular flexibility index (Phi) is 2.65. The highest BCUT2D eigenvalue weighted by Crippen LogP contribution is 2.27. The minimum Gasteiger partial charge on any atom is -0.393 e. The number of hydrogen-bond donors (Lipinski definition) is 3. The van der Waals surface area contributed by atoms with Crippen molar-refractivity contribution < 1.29 is 10.2 Å². The molecule has 0 bridgehead atoms. The molecular formula is C7H15NO2. The Balaban J connectivity index is 2.38. The molecule has 0 aromatic rings. The molecule has 3 unspecified atom stereocenters. The van der Waals surface area contributed by atoms with Crippen molar-refractivity contribution >= 4 is 0 Å². The molecule has 4 N–H and O–H groups in total. The second kappa shape index (κ2) is 3.32. The van der Waals surface area contributed by atoms with Crippen LogP contribution >= 0.6 is 0 Å². The topological polar surface area (TPSA) is 66.5 Å². The molecule has 0 spiro atoms. The zero-order valence-electron chi connectivity index (χ0n) is 6.03. The molecule has 1 aliphatic rings. The van der Waals surface area contributed by atoms with Crippen LogP contribution in [0.5, 0.6) is 0 Å². The highest BCUT2D eigenvalue weighted by Gasteiger charge is 2.30. The molecule has 10 heavy (non-hydrogen) atoms. The number of aliphatic hydroxyl groups excluding tert-OH is 2. The second-order valence-corrected chi connectivity index (χ2v) is 2.97. The van der Waals surface area contributed by atoms with Gasteiger partial charge in [-0.3, -0.25) is 0 Å². The van der Waals surface area contributed by atoms with Crippen LogP contribution in [0.2, 0.25) is 0 Å². The summed E-state index contributed by atoms with van der Waals surface area (Å²) < 4.78 is 0. The van der Waals surface area contributed by atoms with Crippen molar-refractivity contribution in [2.24, 2.45) is 11.7 Å². The number of nitrogens with two attached hydrogens (primary N) is 1.